The molecule has 25 heavy (non-hydrogen) atoms. The fourth-order valence-corrected chi connectivity index (χ4v) is 3.01. The Hall–Kier alpha value is -1.59. The molecule has 1 atom stereocenters. The molecule has 0 radical (unpaired) electrons. The van der Waals surface area contributed by atoms with Gasteiger partial charge in [0.1, 0.15) is 5.75 Å². The van der Waals surface area contributed by atoms with Crippen LogP contribution in [0.15, 0.2) is 24.3 Å². The minimum absolute atomic E-state index is 0. The molecular weight excluding hydrogens is 340 g/mol. The second-order valence-corrected chi connectivity index (χ2v) is 6.36. The Morgan fingerprint density at radius 2 is 2.00 bits per heavy atom. The molecule has 1 unspecified atom stereocenters. The first-order chi connectivity index (χ1) is 11.7. The van der Waals surface area contributed by atoms with E-state index in [1.165, 1.54) is 12.8 Å². The van der Waals surface area contributed by atoms with Gasteiger partial charge in [0.15, 0.2) is 5.78 Å². The van der Waals surface area contributed by atoms with Gasteiger partial charge in [-0.2, -0.15) is 0 Å². The Morgan fingerprint density at radius 1 is 1.24 bits per heavy atom. The summed E-state index contributed by atoms with van der Waals surface area (Å²) in [4.78, 5) is 23.9. The lowest BCUT2D eigenvalue weighted by Gasteiger charge is -2.22. The summed E-state index contributed by atoms with van der Waals surface area (Å²) >= 11 is 0. The van der Waals surface area contributed by atoms with Gasteiger partial charge in [0.25, 0.3) is 0 Å². The van der Waals surface area contributed by atoms with Gasteiger partial charge in [-0.15, -0.1) is 12.4 Å². The number of piperidine rings is 1. The van der Waals surface area contributed by atoms with Crippen LogP contribution >= 0.6 is 12.4 Å². The summed E-state index contributed by atoms with van der Waals surface area (Å²) in [5.74, 6) is 1.52. The van der Waals surface area contributed by atoms with Crippen LogP contribution in [0.5, 0.6) is 5.75 Å². The quantitative estimate of drug-likeness (QED) is 0.657. The number of carbonyl (C=O) groups is 2. The highest BCUT2D eigenvalue weighted by atomic mass is 35.5. The molecule has 2 N–H and O–H groups in total. The zero-order chi connectivity index (χ0) is 17.2. The summed E-state index contributed by atoms with van der Waals surface area (Å²) in [6.07, 6.45) is 4.90. The van der Waals surface area contributed by atoms with E-state index in [2.05, 4.69) is 10.6 Å². The van der Waals surface area contributed by atoms with E-state index in [4.69, 9.17) is 4.74 Å². The van der Waals surface area contributed by atoms with Crippen molar-refractivity contribution in [3.05, 3.63) is 29.8 Å². The van der Waals surface area contributed by atoms with Gasteiger partial charge in [0.2, 0.25) is 5.91 Å². The third kappa shape index (κ3) is 7.88. The Morgan fingerprint density at radius 3 is 2.64 bits per heavy atom. The SMILES string of the molecule is COc1ccc(C(=O)CCCC(=O)NCCC2CCCNC2)cc1.Cl. The number of methoxy groups -OCH3 is 1. The van der Waals surface area contributed by atoms with E-state index in [-0.39, 0.29) is 24.1 Å². The second-order valence-electron chi connectivity index (χ2n) is 6.36. The van der Waals surface area contributed by atoms with E-state index in [9.17, 15) is 9.59 Å². The smallest absolute Gasteiger partial charge is 0.220 e. The fraction of sp³-hybridized carbons (Fsp3) is 0.579. The molecule has 6 heteroatoms. The third-order valence-corrected chi connectivity index (χ3v) is 4.49. The van der Waals surface area contributed by atoms with E-state index in [0.717, 1.165) is 31.8 Å². The Balaban J connectivity index is 0.00000312. The molecule has 1 aromatic carbocycles. The fourth-order valence-electron chi connectivity index (χ4n) is 3.01. The molecule has 1 heterocycles. The van der Waals surface area contributed by atoms with Crippen LogP contribution < -0.4 is 15.4 Å². The first kappa shape index (κ1) is 21.5. The average Bonchev–Trinajstić information content (AvgIpc) is 2.62. The minimum Gasteiger partial charge on any atom is -0.497 e. The van der Waals surface area contributed by atoms with Crippen molar-refractivity contribution in [3.8, 4) is 5.75 Å². The largest absolute Gasteiger partial charge is 0.497 e. The lowest BCUT2D eigenvalue weighted by atomic mass is 9.96. The van der Waals surface area contributed by atoms with Gasteiger partial charge < -0.3 is 15.4 Å². The van der Waals surface area contributed by atoms with Crippen molar-refractivity contribution < 1.29 is 14.3 Å². The number of ether oxygens (including phenoxy) is 1. The Labute approximate surface area is 156 Å². The van der Waals surface area contributed by atoms with Crippen molar-refractivity contribution >= 4 is 24.1 Å². The number of carbonyl (C=O) groups excluding carboxylic acids is 2. The van der Waals surface area contributed by atoms with E-state index in [1.807, 2.05) is 0 Å². The van der Waals surface area contributed by atoms with E-state index < -0.39 is 0 Å². The lowest BCUT2D eigenvalue weighted by Crippen LogP contribution is -2.33. The van der Waals surface area contributed by atoms with Crippen molar-refractivity contribution in [3.63, 3.8) is 0 Å². The van der Waals surface area contributed by atoms with E-state index in [0.29, 0.717) is 30.7 Å². The molecule has 5 nitrogen and oxygen atoms in total. The van der Waals surface area contributed by atoms with Crippen molar-refractivity contribution in [1.82, 2.24) is 10.6 Å². The van der Waals surface area contributed by atoms with Crippen LogP contribution in [0.2, 0.25) is 0 Å². The molecule has 0 aliphatic carbocycles. The standard InChI is InChI=1S/C19H28N2O3.ClH/c1-24-17-9-7-16(8-10-17)18(22)5-2-6-19(23)21-13-11-15-4-3-12-20-14-15;/h7-10,15,20H,2-6,11-14H2,1H3,(H,21,23);1H. The maximum absolute atomic E-state index is 12.1. The monoisotopic (exact) mass is 368 g/mol. The molecular formula is C19H29ClN2O3. The highest BCUT2D eigenvalue weighted by molar-refractivity contribution is 5.96. The van der Waals surface area contributed by atoms with Crippen molar-refractivity contribution in [2.75, 3.05) is 26.7 Å². The summed E-state index contributed by atoms with van der Waals surface area (Å²) in [6, 6.07) is 7.08. The molecule has 0 aromatic heterocycles. The number of hydrogen-bond donors (Lipinski definition) is 2. The summed E-state index contributed by atoms with van der Waals surface area (Å²) in [5, 5.41) is 6.35. The Bertz CT molecular complexity index is 528. The number of benzene rings is 1. The van der Waals surface area contributed by atoms with Gasteiger partial charge in [-0.1, -0.05) is 0 Å². The Kier molecular flexibility index (Phi) is 10.2. The lowest BCUT2D eigenvalue weighted by molar-refractivity contribution is -0.121. The number of hydrogen-bond acceptors (Lipinski definition) is 4. The average molecular weight is 369 g/mol. The molecule has 1 amide bonds. The maximum atomic E-state index is 12.1. The number of nitrogens with one attached hydrogen (secondary N) is 2. The second kappa shape index (κ2) is 11.9. The van der Waals surface area contributed by atoms with E-state index in [1.54, 1.807) is 31.4 Å². The van der Waals surface area contributed by atoms with Crippen molar-refractivity contribution in [1.29, 1.82) is 0 Å². The molecule has 0 saturated carbocycles. The first-order valence-corrected chi connectivity index (χ1v) is 8.83. The molecule has 140 valence electrons. The van der Waals surface area contributed by atoms with Crippen LogP contribution in [0, 0.1) is 5.92 Å². The third-order valence-electron chi connectivity index (χ3n) is 4.49. The van der Waals surface area contributed by atoms with Crippen LogP contribution in [0.4, 0.5) is 0 Å². The zero-order valence-corrected chi connectivity index (χ0v) is 15.7. The number of rotatable bonds is 9. The number of amides is 1. The van der Waals surface area contributed by atoms with Crippen molar-refractivity contribution in [2.24, 2.45) is 5.92 Å². The van der Waals surface area contributed by atoms with Gasteiger partial charge in [0, 0.05) is 24.9 Å². The summed E-state index contributed by atoms with van der Waals surface area (Å²) in [5.41, 5.74) is 0.668. The number of Topliss-reactive ketones (excluding diaryl/α,β-unsaturated/α-hetero) is 1. The predicted molar refractivity (Wildman–Crippen MR) is 102 cm³/mol. The summed E-state index contributed by atoms with van der Waals surface area (Å²) < 4.78 is 5.07. The summed E-state index contributed by atoms with van der Waals surface area (Å²) in [7, 11) is 1.60. The van der Waals surface area contributed by atoms with Gasteiger partial charge in [0.05, 0.1) is 7.11 Å². The topological polar surface area (TPSA) is 67.4 Å². The molecule has 1 fully saturated rings. The molecule has 2 rings (SSSR count). The highest BCUT2D eigenvalue weighted by Gasteiger charge is 2.13. The van der Waals surface area contributed by atoms with Gasteiger partial charge in [-0.05, 0) is 69.0 Å². The maximum Gasteiger partial charge on any atom is 0.220 e. The molecule has 0 spiro atoms. The summed E-state index contributed by atoms with van der Waals surface area (Å²) in [6.45, 7) is 2.91. The molecule has 0 bridgehead atoms. The first-order valence-electron chi connectivity index (χ1n) is 8.83. The predicted octanol–water partition coefficient (Wildman–Crippen LogP) is 2.98. The van der Waals surface area contributed by atoms with E-state index >= 15 is 0 Å². The van der Waals surface area contributed by atoms with Gasteiger partial charge in [-0.3, -0.25) is 9.59 Å². The van der Waals surface area contributed by atoms with Crippen LogP contribution in [0.3, 0.4) is 0 Å². The van der Waals surface area contributed by atoms with Crippen LogP contribution in [-0.4, -0.2) is 38.4 Å². The van der Waals surface area contributed by atoms with Gasteiger partial charge >= 0.3 is 0 Å². The number of ketones is 1. The van der Waals surface area contributed by atoms with Crippen LogP contribution in [0.25, 0.3) is 0 Å². The highest BCUT2D eigenvalue weighted by Crippen LogP contribution is 2.14. The minimum atomic E-state index is 0. The van der Waals surface area contributed by atoms with Crippen molar-refractivity contribution in [2.45, 2.75) is 38.5 Å². The van der Waals surface area contributed by atoms with Crippen LogP contribution in [0.1, 0.15) is 48.9 Å². The molecule has 1 aromatic rings. The molecule has 1 saturated heterocycles. The van der Waals surface area contributed by atoms with Crippen LogP contribution in [-0.2, 0) is 4.79 Å². The normalized spacial score (nSPS) is 16.6. The molecule has 1 aliphatic rings. The number of halogens is 1. The van der Waals surface area contributed by atoms with Gasteiger partial charge in [-0.25, -0.2) is 0 Å². The molecule has 1 aliphatic heterocycles. The zero-order valence-electron chi connectivity index (χ0n) is 14.9.